The number of hydrogen-bond donors (Lipinski definition) is 1. The molecule has 2 nitrogen and oxygen atoms in total. The van der Waals surface area contributed by atoms with Crippen molar-refractivity contribution in [1.82, 2.24) is 5.32 Å². The number of carbonyl (C=O) groups excluding carboxylic acids is 1. The zero-order valence-corrected chi connectivity index (χ0v) is 11.9. The Balaban J connectivity index is 2.34. The minimum Gasteiger partial charge on any atom is -0.319 e. The summed E-state index contributed by atoms with van der Waals surface area (Å²) in [5, 5.41) is 4.40. The van der Waals surface area contributed by atoms with Crippen molar-refractivity contribution in [3.8, 4) is 0 Å². The van der Waals surface area contributed by atoms with Gasteiger partial charge < -0.3 is 5.32 Å². The van der Waals surface area contributed by atoms with E-state index in [1.165, 1.54) is 5.56 Å². The molecule has 0 amide bonds. The summed E-state index contributed by atoms with van der Waals surface area (Å²) in [7, 11) is 1.94. The fraction of sp³-hybridized carbons (Fsp3) is 0.500. The van der Waals surface area contributed by atoms with E-state index in [0.29, 0.717) is 28.7 Å². The van der Waals surface area contributed by atoms with Crippen molar-refractivity contribution in [2.24, 2.45) is 0 Å². The van der Waals surface area contributed by atoms with Crippen LogP contribution in [0.2, 0.25) is 10.0 Å². The summed E-state index contributed by atoms with van der Waals surface area (Å²) < 4.78 is 0. The van der Waals surface area contributed by atoms with Crippen molar-refractivity contribution in [3.05, 3.63) is 33.8 Å². The highest BCUT2D eigenvalue weighted by atomic mass is 35.5. The van der Waals surface area contributed by atoms with Gasteiger partial charge in [0.1, 0.15) is 5.78 Å². The standard InChI is InChI=1S/C14H17Cl2NO/c1-17-9-14(6-4-11(18)5-7-14)10-2-3-12(15)13(16)8-10/h2-3,8,17H,4-7,9H2,1H3. The number of ketones is 1. The molecule has 1 saturated carbocycles. The fourth-order valence-electron chi connectivity index (χ4n) is 2.74. The lowest BCUT2D eigenvalue weighted by Gasteiger charge is -2.37. The molecule has 1 N–H and O–H groups in total. The molecule has 0 radical (unpaired) electrons. The van der Waals surface area contributed by atoms with Crippen LogP contribution in [0.4, 0.5) is 0 Å². The Morgan fingerprint density at radius 2 is 1.89 bits per heavy atom. The van der Waals surface area contributed by atoms with Crippen LogP contribution in [0.3, 0.4) is 0 Å². The first kappa shape index (κ1) is 13.9. The van der Waals surface area contributed by atoms with E-state index in [0.717, 1.165) is 19.4 Å². The summed E-state index contributed by atoms with van der Waals surface area (Å²) in [4.78, 5) is 11.4. The van der Waals surface area contributed by atoms with E-state index >= 15 is 0 Å². The molecular formula is C14H17Cl2NO. The molecule has 1 aliphatic carbocycles. The normalized spacial score (nSPS) is 18.9. The third-order valence-electron chi connectivity index (χ3n) is 3.81. The second-order valence-electron chi connectivity index (χ2n) is 4.98. The lowest BCUT2D eigenvalue weighted by atomic mass is 9.69. The molecule has 1 aromatic carbocycles. The molecule has 0 bridgehead atoms. The highest BCUT2D eigenvalue weighted by molar-refractivity contribution is 6.42. The van der Waals surface area contributed by atoms with Crippen LogP contribution in [0, 0.1) is 0 Å². The lowest BCUT2D eigenvalue weighted by molar-refractivity contribution is -0.121. The predicted octanol–water partition coefficient (Wildman–Crippen LogP) is 3.59. The van der Waals surface area contributed by atoms with Crippen molar-refractivity contribution >= 4 is 29.0 Å². The first-order valence-electron chi connectivity index (χ1n) is 6.19. The number of halogens is 2. The quantitative estimate of drug-likeness (QED) is 0.920. The summed E-state index contributed by atoms with van der Waals surface area (Å²) in [6, 6.07) is 5.81. The number of nitrogens with one attached hydrogen (secondary N) is 1. The Morgan fingerprint density at radius 3 is 2.44 bits per heavy atom. The van der Waals surface area contributed by atoms with Crippen LogP contribution >= 0.6 is 23.2 Å². The maximum absolute atomic E-state index is 11.4. The maximum atomic E-state index is 11.4. The Kier molecular flexibility index (Phi) is 4.31. The summed E-state index contributed by atoms with van der Waals surface area (Å²) in [6.07, 6.45) is 3.07. The van der Waals surface area contributed by atoms with Gasteiger partial charge in [0.05, 0.1) is 10.0 Å². The van der Waals surface area contributed by atoms with Crippen LogP contribution < -0.4 is 5.32 Å². The van der Waals surface area contributed by atoms with Crippen molar-refractivity contribution in [2.75, 3.05) is 13.6 Å². The van der Waals surface area contributed by atoms with Gasteiger partial charge >= 0.3 is 0 Å². The number of rotatable bonds is 3. The first-order valence-corrected chi connectivity index (χ1v) is 6.95. The largest absolute Gasteiger partial charge is 0.319 e. The topological polar surface area (TPSA) is 29.1 Å². The van der Waals surface area contributed by atoms with E-state index in [1.54, 1.807) is 0 Å². The van der Waals surface area contributed by atoms with E-state index in [-0.39, 0.29) is 5.41 Å². The summed E-state index contributed by atoms with van der Waals surface area (Å²) in [6.45, 7) is 0.859. The summed E-state index contributed by atoms with van der Waals surface area (Å²) in [5.41, 5.74) is 1.19. The molecule has 1 aliphatic rings. The van der Waals surface area contributed by atoms with E-state index in [9.17, 15) is 4.79 Å². The predicted molar refractivity (Wildman–Crippen MR) is 75.5 cm³/mol. The number of carbonyl (C=O) groups is 1. The molecule has 0 heterocycles. The number of likely N-dealkylation sites (N-methyl/N-ethyl adjacent to an activating group) is 1. The van der Waals surface area contributed by atoms with Gasteiger partial charge in [0.25, 0.3) is 0 Å². The van der Waals surface area contributed by atoms with Crippen LogP contribution in [0.25, 0.3) is 0 Å². The van der Waals surface area contributed by atoms with Gasteiger partial charge in [-0.2, -0.15) is 0 Å². The van der Waals surface area contributed by atoms with Gasteiger partial charge in [0.15, 0.2) is 0 Å². The van der Waals surface area contributed by atoms with Crippen LogP contribution in [-0.4, -0.2) is 19.4 Å². The average molecular weight is 286 g/mol. The SMILES string of the molecule is CNCC1(c2ccc(Cl)c(Cl)c2)CCC(=O)CC1. The van der Waals surface area contributed by atoms with Crippen LogP contribution in [0.1, 0.15) is 31.2 Å². The average Bonchev–Trinajstić information content (AvgIpc) is 2.36. The van der Waals surface area contributed by atoms with Crippen molar-refractivity contribution in [1.29, 1.82) is 0 Å². The van der Waals surface area contributed by atoms with Gasteiger partial charge in [-0.1, -0.05) is 29.3 Å². The van der Waals surface area contributed by atoms with Crippen LogP contribution in [0.15, 0.2) is 18.2 Å². The second-order valence-corrected chi connectivity index (χ2v) is 5.79. The van der Waals surface area contributed by atoms with E-state index in [4.69, 9.17) is 23.2 Å². The Labute approximate surface area is 118 Å². The molecule has 0 atom stereocenters. The minimum absolute atomic E-state index is 0.0108. The van der Waals surface area contributed by atoms with Crippen LogP contribution in [-0.2, 0) is 10.2 Å². The summed E-state index contributed by atoms with van der Waals surface area (Å²) in [5.74, 6) is 0.363. The van der Waals surface area contributed by atoms with Crippen molar-refractivity contribution in [2.45, 2.75) is 31.1 Å². The third kappa shape index (κ3) is 2.71. The van der Waals surface area contributed by atoms with Gasteiger partial charge in [0, 0.05) is 24.8 Å². The molecule has 2 rings (SSSR count). The first-order chi connectivity index (χ1) is 8.57. The zero-order chi connectivity index (χ0) is 13.2. The Hall–Kier alpha value is -0.570. The molecule has 0 aliphatic heterocycles. The van der Waals surface area contributed by atoms with E-state index < -0.39 is 0 Å². The monoisotopic (exact) mass is 285 g/mol. The lowest BCUT2D eigenvalue weighted by Crippen LogP contribution is -2.40. The molecule has 0 aromatic heterocycles. The molecular weight excluding hydrogens is 269 g/mol. The minimum atomic E-state index is 0.0108. The van der Waals surface area contributed by atoms with Gasteiger partial charge in [-0.05, 0) is 37.6 Å². The second kappa shape index (κ2) is 5.60. The highest BCUT2D eigenvalue weighted by Gasteiger charge is 2.35. The van der Waals surface area contributed by atoms with Gasteiger partial charge in [0.2, 0.25) is 0 Å². The molecule has 0 saturated heterocycles. The zero-order valence-electron chi connectivity index (χ0n) is 10.4. The fourth-order valence-corrected chi connectivity index (χ4v) is 3.04. The van der Waals surface area contributed by atoms with E-state index in [1.807, 2.05) is 25.2 Å². The number of hydrogen-bond acceptors (Lipinski definition) is 2. The van der Waals surface area contributed by atoms with Gasteiger partial charge in [-0.25, -0.2) is 0 Å². The molecule has 1 aromatic rings. The highest BCUT2D eigenvalue weighted by Crippen LogP contribution is 2.39. The van der Waals surface area contributed by atoms with Gasteiger partial charge in [-0.3, -0.25) is 4.79 Å². The molecule has 98 valence electrons. The van der Waals surface area contributed by atoms with Crippen LogP contribution in [0.5, 0.6) is 0 Å². The van der Waals surface area contributed by atoms with Crippen molar-refractivity contribution < 1.29 is 4.79 Å². The Morgan fingerprint density at radius 1 is 1.22 bits per heavy atom. The van der Waals surface area contributed by atoms with Gasteiger partial charge in [-0.15, -0.1) is 0 Å². The molecule has 0 spiro atoms. The third-order valence-corrected chi connectivity index (χ3v) is 4.55. The maximum Gasteiger partial charge on any atom is 0.132 e. The number of benzene rings is 1. The summed E-state index contributed by atoms with van der Waals surface area (Å²) >= 11 is 12.1. The molecule has 0 unspecified atom stereocenters. The molecule has 1 fully saturated rings. The smallest absolute Gasteiger partial charge is 0.132 e. The van der Waals surface area contributed by atoms with E-state index in [2.05, 4.69) is 5.32 Å². The number of Topliss-reactive ketones (excluding diaryl/α,β-unsaturated/α-hetero) is 1. The Bertz CT molecular complexity index is 449. The van der Waals surface area contributed by atoms with Crippen molar-refractivity contribution in [3.63, 3.8) is 0 Å². The molecule has 4 heteroatoms. The molecule has 18 heavy (non-hydrogen) atoms.